The van der Waals surface area contributed by atoms with Crippen molar-refractivity contribution in [3.05, 3.63) is 46.5 Å². The maximum atomic E-state index is 3.95. The van der Waals surface area contributed by atoms with Gasteiger partial charge in [0, 0.05) is 4.47 Å². The van der Waals surface area contributed by atoms with Crippen LogP contribution in [0.1, 0.15) is 74.8 Å². The smallest absolute Gasteiger partial charge is 0.0178 e. The number of rotatable bonds is 6. The molecule has 1 aliphatic carbocycles. The summed E-state index contributed by atoms with van der Waals surface area (Å²) in [6.45, 7) is 6.23. The van der Waals surface area contributed by atoms with Crippen LogP contribution in [0.5, 0.6) is 0 Å². The van der Waals surface area contributed by atoms with Gasteiger partial charge < -0.3 is 0 Å². The van der Waals surface area contributed by atoms with Gasteiger partial charge in [0.15, 0.2) is 0 Å². The first-order valence-electron chi connectivity index (χ1n) is 7.66. The normalized spacial score (nSPS) is 17.6. The van der Waals surface area contributed by atoms with E-state index in [1.54, 1.807) is 11.1 Å². The van der Waals surface area contributed by atoms with Crippen LogP contribution < -0.4 is 0 Å². The van der Waals surface area contributed by atoms with E-state index in [1.165, 1.54) is 43.0 Å². The largest absolute Gasteiger partial charge is 0.103 e. The van der Waals surface area contributed by atoms with Crippen LogP contribution in [0.15, 0.2) is 35.3 Å². The molecule has 0 aliphatic heterocycles. The molecule has 0 radical (unpaired) electrons. The Kier molecular flexibility index (Phi) is 5.69. The van der Waals surface area contributed by atoms with E-state index in [4.69, 9.17) is 0 Å². The van der Waals surface area contributed by atoms with Crippen molar-refractivity contribution in [1.29, 1.82) is 0 Å². The highest BCUT2D eigenvalue weighted by atomic mass is 79.9. The number of halogens is 1. The van der Waals surface area contributed by atoms with Gasteiger partial charge in [0.2, 0.25) is 0 Å². The van der Waals surface area contributed by atoms with Crippen LogP contribution in [0, 0.1) is 0 Å². The standard InChI is InChI=1S/C18H25Br/c1-3-7-14(8-4-2)18-13-16(19)11-12-17(18)15-9-5-6-10-15/h3,11-15H,1,4-10H2,2H3. The Balaban J connectivity index is 2.33. The Morgan fingerprint density at radius 2 is 2.11 bits per heavy atom. The zero-order chi connectivity index (χ0) is 13.7. The molecule has 104 valence electrons. The lowest BCUT2D eigenvalue weighted by Crippen LogP contribution is -2.05. The van der Waals surface area contributed by atoms with E-state index in [1.807, 2.05) is 0 Å². The summed E-state index contributed by atoms with van der Waals surface area (Å²) in [4.78, 5) is 0. The number of hydrogen-bond acceptors (Lipinski definition) is 0. The fourth-order valence-electron chi connectivity index (χ4n) is 3.46. The Labute approximate surface area is 126 Å². The second kappa shape index (κ2) is 7.28. The van der Waals surface area contributed by atoms with Crippen LogP contribution in [0.25, 0.3) is 0 Å². The first kappa shape index (κ1) is 14.8. The van der Waals surface area contributed by atoms with Crippen LogP contribution in [-0.2, 0) is 0 Å². The molecule has 1 aliphatic rings. The van der Waals surface area contributed by atoms with Crippen LogP contribution in [-0.4, -0.2) is 0 Å². The minimum atomic E-state index is 0.649. The van der Waals surface area contributed by atoms with E-state index in [0.717, 1.165) is 12.3 Å². The molecule has 0 aromatic heterocycles. The van der Waals surface area contributed by atoms with Crippen molar-refractivity contribution in [3.63, 3.8) is 0 Å². The molecule has 2 rings (SSSR count). The molecule has 0 spiro atoms. The summed E-state index contributed by atoms with van der Waals surface area (Å²) in [5.74, 6) is 1.45. The summed E-state index contributed by atoms with van der Waals surface area (Å²) in [5.41, 5.74) is 3.18. The van der Waals surface area contributed by atoms with Gasteiger partial charge in [-0.05, 0) is 60.8 Å². The van der Waals surface area contributed by atoms with Gasteiger partial charge in [0.25, 0.3) is 0 Å². The number of hydrogen-bond donors (Lipinski definition) is 0. The Morgan fingerprint density at radius 1 is 1.37 bits per heavy atom. The molecule has 1 unspecified atom stereocenters. The predicted octanol–water partition coefficient (Wildman–Crippen LogP) is 6.57. The molecular formula is C18H25Br. The summed E-state index contributed by atoms with van der Waals surface area (Å²) in [5, 5.41) is 0. The fourth-order valence-corrected chi connectivity index (χ4v) is 3.84. The van der Waals surface area contributed by atoms with Crippen molar-refractivity contribution in [3.8, 4) is 0 Å². The molecule has 1 aromatic rings. The second-order valence-electron chi connectivity index (χ2n) is 5.76. The van der Waals surface area contributed by atoms with Crippen LogP contribution in [0.3, 0.4) is 0 Å². The van der Waals surface area contributed by atoms with Crippen molar-refractivity contribution in [2.75, 3.05) is 0 Å². The molecule has 19 heavy (non-hydrogen) atoms. The maximum Gasteiger partial charge on any atom is 0.0178 e. The van der Waals surface area contributed by atoms with E-state index in [0.29, 0.717) is 5.92 Å². The zero-order valence-electron chi connectivity index (χ0n) is 12.0. The Bertz CT molecular complexity index is 416. The van der Waals surface area contributed by atoms with Crippen molar-refractivity contribution in [1.82, 2.24) is 0 Å². The Hall–Kier alpha value is -0.560. The highest BCUT2D eigenvalue weighted by Gasteiger charge is 2.23. The molecule has 0 heterocycles. The molecule has 0 saturated heterocycles. The SMILES string of the molecule is C=CCC(CCC)c1cc(Br)ccc1C1CCCC1. The Morgan fingerprint density at radius 3 is 2.74 bits per heavy atom. The van der Waals surface area contributed by atoms with Crippen molar-refractivity contribution in [2.45, 2.75) is 63.7 Å². The third-order valence-corrected chi connectivity index (χ3v) is 4.87. The maximum absolute atomic E-state index is 3.95. The van der Waals surface area contributed by atoms with Gasteiger partial charge in [-0.3, -0.25) is 0 Å². The quantitative estimate of drug-likeness (QED) is 0.520. The summed E-state index contributed by atoms with van der Waals surface area (Å²) in [7, 11) is 0. The molecule has 1 fully saturated rings. The van der Waals surface area contributed by atoms with Gasteiger partial charge in [-0.25, -0.2) is 0 Å². The minimum Gasteiger partial charge on any atom is -0.103 e. The highest BCUT2D eigenvalue weighted by molar-refractivity contribution is 9.10. The molecule has 0 N–H and O–H groups in total. The van der Waals surface area contributed by atoms with E-state index in [-0.39, 0.29) is 0 Å². The van der Waals surface area contributed by atoms with Gasteiger partial charge in [0.1, 0.15) is 0 Å². The molecular weight excluding hydrogens is 296 g/mol. The summed E-state index contributed by atoms with van der Waals surface area (Å²) in [6, 6.07) is 6.94. The van der Waals surface area contributed by atoms with Gasteiger partial charge in [-0.15, -0.1) is 6.58 Å². The van der Waals surface area contributed by atoms with E-state index >= 15 is 0 Å². The monoisotopic (exact) mass is 320 g/mol. The molecule has 0 bridgehead atoms. The molecule has 0 nitrogen and oxygen atoms in total. The minimum absolute atomic E-state index is 0.649. The molecule has 1 aromatic carbocycles. The summed E-state index contributed by atoms with van der Waals surface area (Å²) < 4.78 is 1.22. The zero-order valence-corrected chi connectivity index (χ0v) is 13.6. The average molecular weight is 321 g/mol. The van der Waals surface area contributed by atoms with E-state index in [9.17, 15) is 0 Å². The van der Waals surface area contributed by atoms with Gasteiger partial charge in [-0.1, -0.05) is 54.3 Å². The molecule has 0 amide bonds. The van der Waals surface area contributed by atoms with E-state index in [2.05, 4.69) is 53.7 Å². The second-order valence-corrected chi connectivity index (χ2v) is 6.68. The average Bonchev–Trinajstić information content (AvgIpc) is 2.92. The third-order valence-electron chi connectivity index (χ3n) is 4.37. The van der Waals surface area contributed by atoms with Crippen molar-refractivity contribution in [2.24, 2.45) is 0 Å². The first-order valence-corrected chi connectivity index (χ1v) is 8.45. The van der Waals surface area contributed by atoms with E-state index < -0.39 is 0 Å². The van der Waals surface area contributed by atoms with Crippen molar-refractivity contribution >= 4 is 15.9 Å². The molecule has 1 atom stereocenters. The first-order chi connectivity index (χ1) is 9.26. The van der Waals surface area contributed by atoms with Gasteiger partial charge in [0.05, 0.1) is 0 Å². The van der Waals surface area contributed by atoms with Crippen molar-refractivity contribution < 1.29 is 0 Å². The number of benzene rings is 1. The number of allylic oxidation sites excluding steroid dienone is 1. The lowest BCUT2D eigenvalue weighted by molar-refractivity contribution is 0.601. The molecule has 1 saturated carbocycles. The predicted molar refractivity (Wildman–Crippen MR) is 87.8 cm³/mol. The topological polar surface area (TPSA) is 0 Å². The van der Waals surface area contributed by atoms with Crippen LogP contribution >= 0.6 is 15.9 Å². The lowest BCUT2D eigenvalue weighted by atomic mass is 9.83. The molecule has 1 heteroatoms. The third kappa shape index (κ3) is 3.72. The summed E-state index contributed by atoms with van der Waals surface area (Å²) >= 11 is 3.65. The van der Waals surface area contributed by atoms with Gasteiger partial charge in [-0.2, -0.15) is 0 Å². The highest BCUT2D eigenvalue weighted by Crippen LogP contribution is 2.40. The summed E-state index contributed by atoms with van der Waals surface area (Å²) in [6.07, 6.45) is 11.3. The van der Waals surface area contributed by atoms with Crippen LogP contribution in [0.2, 0.25) is 0 Å². The van der Waals surface area contributed by atoms with Crippen LogP contribution in [0.4, 0.5) is 0 Å². The van der Waals surface area contributed by atoms with Gasteiger partial charge >= 0.3 is 0 Å². The lowest BCUT2D eigenvalue weighted by Gasteiger charge is -2.22. The fraction of sp³-hybridized carbons (Fsp3) is 0.556.